The summed E-state index contributed by atoms with van der Waals surface area (Å²) >= 11 is 1.60. The third-order valence-electron chi connectivity index (χ3n) is 5.23. The molecular weight excluding hydrogens is 380 g/mol. The number of rotatable bonds is 6. The van der Waals surface area contributed by atoms with Crippen molar-refractivity contribution in [3.05, 3.63) is 40.1 Å². The molecule has 0 aliphatic carbocycles. The Morgan fingerprint density at radius 3 is 2.52 bits per heavy atom. The second-order valence-corrected chi connectivity index (χ2v) is 8.19. The molecule has 0 unspecified atom stereocenters. The molecule has 1 aliphatic heterocycles. The maximum absolute atomic E-state index is 12.9. The lowest BCUT2D eigenvalue weighted by Crippen LogP contribution is -2.38. The van der Waals surface area contributed by atoms with Gasteiger partial charge in [0, 0.05) is 18.0 Å². The van der Waals surface area contributed by atoms with E-state index < -0.39 is 0 Å². The van der Waals surface area contributed by atoms with Gasteiger partial charge in [-0.15, -0.1) is 23.7 Å². The van der Waals surface area contributed by atoms with E-state index in [2.05, 4.69) is 30.4 Å². The Bertz CT molecular complexity index is 737. The van der Waals surface area contributed by atoms with Crippen LogP contribution in [0.5, 0.6) is 5.75 Å². The van der Waals surface area contributed by atoms with Gasteiger partial charge in [-0.2, -0.15) is 0 Å². The molecule has 0 radical (unpaired) electrons. The molecule has 1 aromatic carbocycles. The van der Waals surface area contributed by atoms with Crippen LogP contribution in [0.1, 0.15) is 33.8 Å². The molecule has 1 aliphatic rings. The number of hydrogen-bond donors (Lipinski definition) is 1. The van der Waals surface area contributed by atoms with E-state index in [9.17, 15) is 4.79 Å². The summed E-state index contributed by atoms with van der Waals surface area (Å²) in [6, 6.07) is 10.1. The Morgan fingerprint density at radius 1 is 1.26 bits per heavy atom. The monoisotopic (exact) mass is 408 g/mol. The first-order valence-electron chi connectivity index (χ1n) is 9.31. The van der Waals surface area contributed by atoms with Crippen molar-refractivity contribution < 1.29 is 9.53 Å². The summed E-state index contributed by atoms with van der Waals surface area (Å²) in [5, 5.41) is 3.22. The number of carbonyl (C=O) groups excluding carboxylic acids is 1. The van der Waals surface area contributed by atoms with Gasteiger partial charge in [-0.3, -0.25) is 4.79 Å². The number of amides is 1. The highest BCUT2D eigenvalue weighted by Gasteiger charge is 2.25. The average Bonchev–Trinajstić information content (AvgIpc) is 3.08. The van der Waals surface area contributed by atoms with E-state index in [1.807, 2.05) is 24.1 Å². The van der Waals surface area contributed by atoms with Crippen LogP contribution in [0.3, 0.4) is 0 Å². The molecular formula is C21H29ClN2O2S. The lowest BCUT2D eigenvalue weighted by Gasteiger charge is -2.31. The van der Waals surface area contributed by atoms with Crippen molar-refractivity contribution in [3.63, 3.8) is 0 Å². The second-order valence-electron chi connectivity index (χ2n) is 6.94. The molecule has 27 heavy (non-hydrogen) atoms. The maximum atomic E-state index is 12.9. The third-order valence-corrected chi connectivity index (χ3v) is 6.27. The summed E-state index contributed by atoms with van der Waals surface area (Å²) in [5.74, 6) is 1.77. The van der Waals surface area contributed by atoms with E-state index in [1.54, 1.807) is 18.4 Å². The molecule has 2 aromatic rings. The van der Waals surface area contributed by atoms with Gasteiger partial charge in [-0.1, -0.05) is 12.1 Å². The molecule has 4 nitrogen and oxygen atoms in total. The minimum absolute atomic E-state index is 0. The van der Waals surface area contributed by atoms with Crippen LogP contribution < -0.4 is 10.1 Å². The number of methoxy groups -OCH3 is 1. The Hall–Kier alpha value is -1.56. The van der Waals surface area contributed by atoms with E-state index >= 15 is 0 Å². The van der Waals surface area contributed by atoms with Gasteiger partial charge in [0.15, 0.2) is 0 Å². The van der Waals surface area contributed by atoms with E-state index in [0.717, 1.165) is 60.1 Å². The molecule has 1 fully saturated rings. The number of ether oxygens (including phenoxy) is 1. The SMILES string of the molecule is CNCCC1CCN(C(=O)c2cc(-c3ccc(OC)cc3)c(C)s2)CC1.Cl. The van der Waals surface area contributed by atoms with Crippen molar-refractivity contribution in [2.45, 2.75) is 26.2 Å². The second kappa shape index (κ2) is 10.1. The number of piperidine rings is 1. The summed E-state index contributed by atoms with van der Waals surface area (Å²) in [5.41, 5.74) is 2.27. The van der Waals surface area contributed by atoms with Crippen molar-refractivity contribution in [1.82, 2.24) is 10.2 Å². The van der Waals surface area contributed by atoms with Crippen LogP contribution >= 0.6 is 23.7 Å². The van der Waals surface area contributed by atoms with Crippen molar-refractivity contribution >= 4 is 29.7 Å². The van der Waals surface area contributed by atoms with Gasteiger partial charge < -0.3 is 15.0 Å². The first-order chi connectivity index (χ1) is 12.6. The maximum Gasteiger partial charge on any atom is 0.263 e. The van der Waals surface area contributed by atoms with Gasteiger partial charge in [0.05, 0.1) is 12.0 Å². The summed E-state index contributed by atoms with van der Waals surface area (Å²) in [7, 11) is 3.67. The zero-order valence-corrected chi connectivity index (χ0v) is 17.9. The van der Waals surface area contributed by atoms with Crippen molar-refractivity contribution in [2.75, 3.05) is 33.8 Å². The summed E-state index contributed by atoms with van der Waals surface area (Å²) in [4.78, 5) is 17.0. The fraction of sp³-hybridized carbons (Fsp3) is 0.476. The van der Waals surface area contributed by atoms with Crippen LogP contribution in [0.15, 0.2) is 30.3 Å². The predicted molar refractivity (Wildman–Crippen MR) is 115 cm³/mol. The van der Waals surface area contributed by atoms with E-state index in [-0.39, 0.29) is 18.3 Å². The standard InChI is InChI=1S/C21H28N2O2S.ClH/c1-15-19(17-4-6-18(25-3)7-5-17)14-20(26-15)21(24)23-12-9-16(10-13-23)8-11-22-2;/h4-7,14,16,22H,8-13H2,1-3H3;1H. The van der Waals surface area contributed by atoms with Crippen LogP contribution in [-0.4, -0.2) is 44.6 Å². The van der Waals surface area contributed by atoms with Gasteiger partial charge in [0.1, 0.15) is 5.75 Å². The zero-order chi connectivity index (χ0) is 18.5. The Labute approximate surface area is 172 Å². The molecule has 0 saturated carbocycles. The highest BCUT2D eigenvalue weighted by atomic mass is 35.5. The minimum atomic E-state index is 0. The smallest absolute Gasteiger partial charge is 0.263 e. The van der Waals surface area contributed by atoms with Crippen molar-refractivity contribution in [1.29, 1.82) is 0 Å². The molecule has 2 heterocycles. The molecule has 148 valence electrons. The molecule has 3 rings (SSSR count). The molecule has 1 saturated heterocycles. The van der Waals surface area contributed by atoms with Crippen LogP contribution in [0.2, 0.25) is 0 Å². The quantitative estimate of drug-likeness (QED) is 0.758. The summed E-state index contributed by atoms with van der Waals surface area (Å²) in [6.07, 6.45) is 3.44. The fourth-order valence-corrected chi connectivity index (χ4v) is 4.58. The number of thiophene rings is 1. The largest absolute Gasteiger partial charge is 0.497 e. The number of carbonyl (C=O) groups is 1. The Kier molecular flexibility index (Phi) is 8.14. The minimum Gasteiger partial charge on any atom is -0.497 e. The van der Waals surface area contributed by atoms with Crippen molar-refractivity contribution in [2.24, 2.45) is 5.92 Å². The first kappa shape index (κ1) is 21.7. The van der Waals surface area contributed by atoms with E-state index in [1.165, 1.54) is 11.3 Å². The molecule has 0 bridgehead atoms. The number of benzene rings is 1. The molecule has 0 atom stereocenters. The number of hydrogen-bond acceptors (Lipinski definition) is 4. The normalized spacial score (nSPS) is 14.7. The highest BCUT2D eigenvalue weighted by Crippen LogP contribution is 2.33. The molecule has 6 heteroatoms. The lowest BCUT2D eigenvalue weighted by atomic mass is 9.93. The van der Waals surface area contributed by atoms with E-state index in [4.69, 9.17) is 4.74 Å². The number of likely N-dealkylation sites (tertiary alicyclic amines) is 1. The lowest BCUT2D eigenvalue weighted by molar-refractivity contribution is 0.0692. The Balaban J connectivity index is 0.00000261. The first-order valence-corrected chi connectivity index (χ1v) is 10.1. The predicted octanol–water partition coefficient (Wildman–Crippen LogP) is 4.62. The van der Waals surface area contributed by atoms with Crippen LogP contribution in [0, 0.1) is 12.8 Å². The van der Waals surface area contributed by atoms with Crippen molar-refractivity contribution in [3.8, 4) is 16.9 Å². The number of nitrogens with one attached hydrogen (secondary N) is 1. The van der Waals surface area contributed by atoms with Gasteiger partial charge >= 0.3 is 0 Å². The summed E-state index contributed by atoms with van der Waals surface area (Å²) < 4.78 is 5.23. The molecule has 1 N–H and O–H groups in total. The number of aryl methyl sites for hydroxylation is 1. The number of halogens is 1. The van der Waals surface area contributed by atoms with Crippen LogP contribution in [0.4, 0.5) is 0 Å². The average molecular weight is 409 g/mol. The van der Waals surface area contributed by atoms with Gasteiger partial charge in [-0.25, -0.2) is 0 Å². The zero-order valence-electron chi connectivity index (χ0n) is 16.3. The van der Waals surface area contributed by atoms with Gasteiger partial charge in [0.2, 0.25) is 0 Å². The van der Waals surface area contributed by atoms with E-state index in [0.29, 0.717) is 0 Å². The van der Waals surface area contributed by atoms with Gasteiger partial charge in [-0.05, 0) is 75.0 Å². The molecule has 1 amide bonds. The Morgan fingerprint density at radius 2 is 1.93 bits per heavy atom. The third kappa shape index (κ3) is 5.24. The summed E-state index contributed by atoms with van der Waals surface area (Å²) in [6.45, 7) is 4.91. The molecule has 1 aromatic heterocycles. The van der Waals surface area contributed by atoms with Crippen LogP contribution in [0.25, 0.3) is 11.1 Å². The number of nitrogens with zero attached hydrogens (tertiary/aromatic N) is 1. The molecule has 0 spiro atoms. The van der Waals surface area contributed by atoms with Gasteiger partial charge in [0.25, 0.3) is 5.91 Å². The fourth-order valence-electron chi connectivity index (χ4n) is 3.57. The van der Waals surface area contributed by atoms with Crippen LogP contribution in [-0.2, 0) is 0 Å². The topological polar surface area (TPSA) is 41.6 Å². The highest BCUT2D eigenvalue weighted by molar-refractivity contribution is 7.14.